The van der Waals surface area contributed by atoms with E-state index < -0.39 is 0 Å². The number of allylic oxidation sites excluding steroid dienone is 1. The number of aryl methyl sites for hydroxylation is 1. The molecule has 64 heavy (non-hydrogen) atoms. The predicted octanol–water partition coefficient (Wildman–Crippen LogP) is 15.9. The van der Waals surface area contributed by atoms with Crippen LogP contribution < -0.4 is 0 Å². The molecule has 6 nitrogen and oxygen atoms in total. The van der Waals surface area contributed by atoms with Gasteiger partial charge in [0.05, 0.1) is 0 Å². The molecule has 5 heterocycles. The van der Waals surface area contributed by atoms with E-state index in [1.807, 2.05) is 42.5 Å². The minimum absolute atomic E-state index is 0.588. The van der Waals surface area contributed by atoms with Crippen LogP contribution in [0, 0.1) is 0 Å². The van der Waals surface area contributed by atoms with Gasteiger partial charge in [-0.2, -0.15) is 0 Å². The summed E-state index contributed by atoms with van der Waals surface area (Å²) in [5.74, 6) is 2.85. The third kappa shape index (κ3) is 5.41. The normalized spacial score (nSPS) is 13.0. The second-order valence-corrected chi connectivity index (χ2v) is 17.6. The Labute approximate surface area is 369 Å². The molecule has 0 atom stereocenters. The van der Waals surface area contributed by atoms with Gasteiger partial charge in [-0.1, -0.05) is 115 Å². The molecule has 0 fully saturated rings. The number of thiophene rings is 1. The zero-order valence-corrected chi connectivity index (χ0v) is 34.9. The first-order chi connectivity index (χ1) is 31.7. The van der Waals surface area contributed by atoms with Crippen molar-refractivity contribution < 1.29 is 13.3 Å². The van der Waals surface area contributed by atoms with Gasteiger partial charge in [-0.3, -0.25) is 0 Å². The number of aromatic nitrogens is 3. The van der Waals surface area contributed by atoms with Crippen LogP contribution in [0.2, 0.25) is 0 Å². The van der Waals surface area contributed by atoms with E-state index in [2.05, 4.69) is 133 Å². The van der Waals surface area contributed by atoms with E-state index in [1.165, 1.54) is 26.6 Å². The molecule has 0 spiro atoms. The van der Waals surface area contributed by atoms with Crippen molar-refractivity contribution in [3.8, 4) is 45.3 Å². The second-order valence-electron chi connectivity index (χ2n) is 16.5. The molecule has 13 aromatic rings. The molecule has 1 aliphatic rings. The summed E-state index contributed by atoms with van der Waals surface area (Å²) >= 11 is 1.77. The van der Waals surface area contributed by atoms with E-state index in [1.54, 1.807) is 11.3 Å². The molecule has 300 valence electrons. The van der Waals surface area contributed by atoms with Crippen molar-refractivity contribution in [2.24, 2.45) is 0 Å². The van der Waals surface area contributed by atoms with Crippen molar-refractivity contribution >= 4 is 98.0 Å². The van der Waals surface area contributed by atoms with Crippen LogP contribution in [-0.2, 0) is 6.42 Å². The van der Waals surface area contributed by atoms with Crippen molar-refractivity contribution in [2.45, 2.75) is 12.8 Å². The zero-order valence-electron chi connectivity index (χ0n) is 34.1. The van der Waals surface area contributed by atoms with Crippen LogP contribution in [0.1, 0.15) is 23.3 Å². The third-order valence-corrected chi connectivity index (χ3v) is 14.1. The standard InChI is InChI=1S/C57H33N3O3S/c1-2-11-32(12-3-1)55-58-56(60-57(59-55)42-18-8-16-40-39-14-5-7-22-51(39)64-54(40)42)41-17-10-21-49-53(41)44-30-35(25-28-47(44)62-49)36-15-9-20-48-52(36)43-29-33(24-27-46(43)61-48)34-23-26-38-37-13-4-6-19-45(37)63-50(38)31-34/h1-23,25-26,28-31H,24,27H2. The van der Waals surface area contributed by atoms with Crippen LogP contribution in [0.25, 0.3) is 132 Å². The van der Waals surface area contributed by atoms with Gasteiger partial charge in [0.25, 0.3) is 0 Å². The minimum atomic E-state index is 0.588. The SMILES string of the molecule is C1=C(c2ccc3c(c2)oc2ccccc23)CCc2oc3cccc(-c4ccc5oc6cccc(-c7nc(-c8ccccc8)nc(-c8cccc9c8sc8ccccc89)n7)c6c5c4)c3c21. The van der Waals surface area contributed by atoms with Gasteiger partial charge in [-0.05, 0) is 89.4 Å². The van der Waals surface area contributed by atoms with Crippen LogP contribution in [0.3, 0.4) is 0 Å². The first kappa shape index (κ1) is 35.5. The molecule has 14 rings (SSSR count). The number of nitrogens with zero attached hydrogens (tertiary/aromatic N) is 3. The number of para-hydroxylation sites is 1. The lowest BCUT2D eigenvalue weighted by Crippen LogP contribution is -2.00. The number of benzene rings is 8. The van der Waals surface area contributed by atoms with E-state index in [0.717, 1.165) is 112 Å². The number of rotatable bonds is 5. The summed E-state index contributed by atoms with van der Waals surface area (Å²) in [5.41, 5.74) is 12.8. The molecule has 0 aliphatic heterocycles. The molecule has 0 unspecified atom stereocenters. The van der Waals surface area contributed by atoms with Gasteiger partial charge in [0, 0.05) is 75.8 Å². The Morgan fingerprint density at radius 2 is 1.05 bits per heavy atom. The van der Waals surface area contributed by atoms with Crippen molar-refractivity contribution in [1.29, 1.82) is 0 Å². The molecule has 0 radical (unpaired) electrons. The molecular weight excluding hydrogens is 807 g/mol. The van der Waals surface area contributed by atoms with Crippen LogP contribution in [-0.4, -0.2) is 15.0 Å². The molecule has 0 N–H and O–H groups in total. The lowest BCUT2D eigenvalue weighted by Gasteiger charge is -2.14. The van der Waals surface area contributed by atoms with E-state index >= 15 is 0 Å². The molecule has 5 aromatic heterocycles. The maximum atomic E-state index is 6.60. The van der Waals surface area contributed by atoms with E-state index in [9.17, 15) is 0 Å². The predicted molar refractivity (Wildman–Crippen MR) is 261 cm³/mol. The van der Waals surface area contributed by atoms with Crippen LogP contribution in [0.15, 0.2) is 183 Å². The fourth-order valence-corrected chi connectivity index (χ4v) is 11.1. The van der Waals surface area contributed by atoms with Crippen molar-refractivity contribution in [3.63, 3.8) is 0 Å². The Morgan fingerprint density at radius 3 is 1.95 bits per heavy atom. The highest BCUT2D eigenvalue weighted by Gasteiger charge is 2.24. The molecule has 0 amide bonds. The van der Waals surface area contributed by atoms with Gasteiger partial charge in [0.1, 0.15) is 33.7 Å². The van der Waals surface area contributed by atoms with Gasteiger partial charge in [-0.15, -0.1) is 11.3 Å². The third-order valence-electron chi connectivity index (χ3n) is 12.9. The Morgan fingerprint density at radius 1 is 0.391 bits per heavy atom. The highest BCUT2D eigenvalue weighted by Crippen LogP contribution is 2.45. The highest BCUT2D eigenvalue weighted by molar-refractivity contribution is 7.26. The summed E-state index contributed by atoms with van der Waals surface area (Å²) in [6, 6.07) is 59.0. The molecule has 8 aromatic carbocycles. The zero-order chi connectivity index (χ0) is 41.9. The molecule has 7 heteroatoms. The van der Waals surface area contributed by atoms with Gasteiger partial charge in [0.2, 0.25) is 0 Å². The fourth-order valence-electron chi connectivity index (χ4n) is 9.89. The first-order valence-corrected chi connectivity index (χ1v) is 22.3. The summed E-state index contributed by atoms with van der Waals surface area (Å²) in [7, 11) is 0. The smallest absolute Gasteiger partial charge is 0.165 e. The minimum Gasteiger partial charge on any atom is -0.460 e. The maximum Gasteiger partial charge on any atom is 0.165 e. The average molecular weight is 840 g/mol. The van der Waals surface area contributed by atoms with Gasteiger partial charge >= 0.3 is 0 Å². The number of hydrogen-bond acceptors (Lipinski definition) is 7. The van der Waals surface area contributed by atoms with E-state index in [4.69, 9.17) is 28.2 Å². The molecule has 0 saturated heterocycles. The Bertz CT molecular complexity index is 4090. The lowest BCUT2D eigenvalue weighted by atomic mass is 9.89. The molecule has 0 saturated carbocycles. The van der Waals surface area contributed by atoms with Gasteiger partial charge in [0.15, 0.2) is 17.5 Å². The average Bonchev–Trinajstić information content (AvgIpc) is 4.13. The summed E-state index contributed by atoms with van der Waals surface area (Å²) in [5, 5.41) is 7.76. The van der Waals surface area contributed by atoms with Crippen LogP contribution >= 0.6 is 11.3 Å². The number of furan rings is 3. The summed E-state index contributed by atoms with van der Waals surface area (Å²) in [6.45, 7) is 0. The largest absolute Gasteiger partial charge is 0.460 e. The monoisotopic (exact) mass is 839 g/mol. The van der Waals surface area contributed by atoms with E-state index in [0.29, 0.717) is 17.5 Å². The lowest BCUT2D eigenvalue weighted by molar-refractivity contribution is 0.548. The molecule has 0 bridgehead atoms. The van der Waals surface area contributed by atoms with Gasteiger partial charge in [-0.25, -0.2) is 15.0 Å². The number of hydrogen-bond donors (Lipinski definition) is 0. The number of fused-ring (bicyclic) bond motifs is 12. The molecule has 1 aliphatic carbocycles. The Hall–Kier alpha value is -8.13. The first-order valence-electron chi connectivity index (χ1n) is 21.5. The van der Waals surface area contributed by atoms with Crippen molar-refractivity contribution in [2.75, 3.05) is 0 Å². The Kier molecular flexibility index (Phi) is 7.58. The maximum absolute atomic E-state index is 6.60. The quantitative estimate of drug-likeness (QED) is 0.172. The van der Waals surface area contributed by atoms with Crippen molar-refractivity contribution in [1.82, 2.24) is 15.0 Å². The van der Waals surface area contributed by atoms with Crippen LogP contribution in [0.5, 0.6) is 0 Å². The van der Waals surface area contributed by atoms with Crippen molar-refractivity contribution in [3.05, 3.63) is 187 Å². The second kappa shape index (κ2) is 13.7. The van der Waals surface area contributed by atoms with Crippen LogP contribution in [0.4, 0.5) is 0 Å². The van der Waals surface area contributed by atoms with E-state index in [-0.39, 0.29) is 0 Å². The fraction of sp³-hybridized carbons (Fsp3) is 0.0351. The highest BCUT2D eigenvalue weighted by atomic mass is 32.1. The van der Waals surface area contributed by atoms with Gasteiger partial charge < -0.3 is 13.3 Å². The topological polar surface area (TPSA) is 78.1 Å². The Balaban J connectivity index is 0.930. The summed E-state index contributed by atoms with van der Waals surface area (Å²) in [4.78, 5) is 15.6. The molecular formula is C57H33N3O3S. The summed E-state index contributed by atoms with van der Waals surface area (Å²) < 4.78 is 21.9. The summed E-state index contributed by atoms with van der Waals surface area (Å²) in [6.07, 6.45) is 4.02.